The van der Waals surface area contributed by atoms with Gasteiger partial charge in [0.2, 0.25) is 11.9 Å². The number of nitriles is 2. The Bertz CT molecular complexity index is 1760. The fourth-order valence-electron chi connectivity index (χ4n) is 5.86. The Morgan fingerprint density at radius 1 is 1.12 bits per heavy atom. The molecule has 0 amide bonds. The van der Waals surface area contributed by atoms with Crippen molar-refractivity contribution in [1.82, 2.24) is 25.0 Å². The molecule has 3 saturated carbocycles. The van der Waals surface area contributed by atoms with Gasteiger partial charge in [-0.1, -0.05) is 32.1 Å². The molecule has 7 rings (SSSR count). The number of nitrogens with zero attached hydrogens (tertiary/aromatic N) is 7. The first-order valence-corrected chi connectivity index (χ1v) is 13.5. The quantitative estimate of drug-likeness (QED) is 0.278. The van der Waals surface area contributed by atoms with Crippen LogP contribution in [-0.2, 0) is 5.54 Å². The first kappa shape index (κ1) is 26.6. The average molecular weight is 554 g/mol. The van der Waals surface area contributed by atoms with E-state index in [1.165, 1.54) is 16.9 Å². The lowest BCUT2D eigenvalue weighted by molar-refractivity contribution is -0.106. The number of halogens is 2. The van der Waals surface area contributed by atoms with Gasteiger partial charge in [0, 0.05) is 35.1 Å². The maximum Gasteiger partial charge on any atom is 0.237 e. The van der Waals surface area contributed by atoms with Gasteiger partial charge in [0.25, 0.3) is 0 Å². The molecular weight excluding hydrogens is 524 g/mol. The Hall–Kier alpha value is -4.64. The van der Waals surface area contributed by atoms with Gasteiger partial charge in [-0.15, -0.1) is 5.10 Å². The summed E-state index contributed by atoms with van der Waals surface area (Å²) in [7, 11) is 0. The van der Waals surface area contributed by atoms with Crippen molar-refractivity contribution in [3.63, 3.8) is 0 Å². The number of pyridine rings is 2. The second kappa shape index (κ2) is 9.48. The van der Waals surface area contributed by atoms with Crippen LogP contribution in [0.25, 0.3) is 10.9 Å². The maximum absolute atomic E-state index is 16.0. The summed E-state index contributed by atoms with van der Waals surface area (Å²) in [5, 5.41) is 35.5. The molecule has 1 atom stereocenters. The van der Waals surface area contributed by atoms with Gasteiger partial charge in [-0.3, -0.25) is 4.98 Å². The van der Waals surface area contributed by atoms with Gasteiger partial charge in [0.1, 0.15) is 23.9 Å². The van der Waals surface area contributed by atoms with E-state index in [2.05, 4.69) is 63.8 Å². The fraction of sp³-hybridized carbons (Fsp3) is 0.400. The highest BCUT2D eigenvalue weighted by Gasteiger charge is 2.60. The Morgan fingerprint density at radius 3 is 2.46 bits per heavy atom. The van der Waals surface area contributed by atoms with Crippen LogP contribution in [0.4, 0.5) is 20.2 Å². The summed E-state index contributed by atoms with van der Waals surface area (Å²) >= 11 is 0. The first-order chi connectivity index (χ1) is 19.5. The van der Waals surface area contributed by atoms with E-state index in [-0.39, 0.29) is 22.2 Å². The highest BCUT2D eigenvalue weighted by Crippen LogP contribution is 2.62. The number of benzene rings is 1. The molecule has 3 aromatic heterocycles. The van der Waals surface area contributed by atoms with Gasteiger partial charge in [-0.2, -0.15) is 19.3 Å². The van der Waals surface area contributed by atoms with E-state index in [0.29, 0.717) is 51.6 Å². The third kappa shape index (κ3) is 4.51. The van der Waals surface area contributed by atoms with Gasteiger partial charge < -0.3 is 10.6 Å². The van der Waals surface area contributed by atoms with E-state index in [0.717, 1.165) is 19.3 Å². The smallest absolute Gasteiger partial charge is 0.237 e. The Labute approximate surface area is 236 Å². The molecule has 0 unspecified atom stereocenters. The van der Waals surface area contributed by atoms with Crippen molar-refractivity contribution < 1.29 is 8.78 Å². The SMILES string of the molecule is Cc1nc(F)ccc1[C@H](Nc1cc(C#N)c2ncc(C#N)c(NCC(C)(C)C)c2c1)c1nnn(C23CC(C2)C3)c1F. The molecule has 2 bridgehead atoms. The summed E-state index contributed by atoms with van der Waals surface area (Å²) < 4.78 is 31.4. The summed E-state index contributed by atoms with van der Waals surface area (Å²) in [6, 6.07) is 9.66. The van der Waals surface area contributed by atoms with Gasteiger partial charge in [-0.05, 0) is 55.7 Å². The molecule has 208 valence electrons. The Balaban J connectivity index is 1.48. The van der Waals surface area contributed by atoms with Crippen LogP contribution in [0.1, 0.15) is 74.2 Å². The van der Waals surface area contributed by atoms with Gasteiger partial charge in [0.05, 0.1) is 27.9 Å². The monoisotopic (exact) mass is 553 g/mol. The predicted octanol–water partition coefficient (Wildman–Crippen LogP) is 5.72. The van der Waals surface area contributed by atoms with Crippen LogP contribution >= 0.6 is 0 Å². The zero-order valence-electron chi connectivity index (χ0n) is 23.3. The van der Waals surface area contributed by atoms with Crippen molar-refractivity contribution in [2.24, 2.45) is 11.3 Å². The van der Waals surface area contributed by atoms with Crippen molar-refractivity contribution in [2.45, 2.75) is 58.5 Å². The molecule has 0 saturated heterocycles. The summed E-state index contributed by atoms with van der Waals surface area (Å²) in [6.07, 6.45) is 4.11. The van der Waals surface area contributed by atoms with Crippen LogP contribution in [0.5, 0.6) is 0 Å². The van der Waals surface area contributed by atoms with Crippen molar-refractivity contribution in [2.75, 3.05) is 17.2 Å². The second-order valence-electron chi connectivity index (χ2n) is 12.4. The zero-order chi connectivity index (χ0) is 29.1. The molecule has 9 nitrogen and oxygen atoms in total. The minimum absolute atomic E-state index is 0.0554. The number of aromatic nitrogens is 5. The van der Waals surface area contributed by atoms with Crippen LogP contribution in [0.15, 0.2) is 30.5 Å². The summed E-state index contributed by atoms with van der Waals surface area (Å²) in [5.74, 6) is -0.578. The standard InChI is InChI=1S/C30H29F2N9/c1-16-21(5-6-23(31)37-16)26(27-28(32)41(40-39-27)30-9-17(10-30)11-30)38-20-7-18(12-33)24-22(8-20)25(19(13-34)14-35-24)36-15-29(2,3)4/h5-8,14,17,26,38H,9-11,15H2,1-4H3,(H,35,36)/t17?,26-,30?/m0/s1. The van der Waals surface area contributed by atoms with Crippen molar-refractivity contribution in [3.05, 3.63) is 70.4 Å². The maximum atomic E-state index is 16.0. The molecule has 3 fully saturated rings. The lowest BCUT2D eigenvalue weighted by atomic mass is 9.50. The third-order valence-corrected chi connectivity index (χ3v) is 8.09. The lowest BCUT2D eigenvalue weighted by Crippen LogP contribution is -2.60. The van der Waals surface area contributed by atoms with Crippen LogP contribution in [0.2, 0.25) is 0 Å². The molecule has 0 radical (unpaired) electrons. The number of rotatable bonds is 7. The van der Waals surface area contributed by atoms with Gasteiger partial charge in [0.15, 0.2) is 0 Å². The number of anilines is 2. The minimum Gasteiger partial charge on any atom is -0.383 e. The van der Waals surface area contributed by atoms with E-state index in [1.807, 2.05) is 0 Å². The predicted molar refractivity (Wildman–Crippen MR) is 149 cm³/mol. The molecule has 2 N–H and O–H groups in total. The molecule has 3 aliphatic carbocycles. The summed E-state index contributed by atoms with van der Waals surface area (Å²) in [4.78, 5) is 8.36. The minimum atomic E-state index is -0.883. The molecule has 0 spiro atoms. The number of hydrogen-bond donors (Lipinski definition) is 2. The van der Waals surface area contributed by atoms with Crippen LogP contribution in [-0.4, -0.2) is 31.5 Å². The highest BCUT2D eigenvalue weighted by atomic mass is 19.1. The molecule has 3 aliphatic rings. The summed E-state index contributed by atoms with van der Waals surface area (Å²) in [6.45, 7) is 8.43. The van der Waals surface area contributed by atoms with E-state index in [1.54, 1.807) is 25.1 Å². The van der Waals surface area contributed by atoms with Gasteiger partial charge in [-0.25, -0.2) is 9.67 Å². The Morgan fingerprint density at radius 2 is 1.85 bits per heavy atom. The Kier molecular flexibility index (Phi) is 6.14. The number of fused-ring (bicyclic) bond motifs is 1. The summed E-state index contributed by atoms with van der Waals surface area (Å²) in [5.41, 5.74) is 2.62. The molecule has 1 aromatic carbocycles. The normalized spacial score (nSPS) is 20.0. The largest absolute Gasteiger partial charge is 0.383 e. The average Bonchev–Trinajstić information content (AvgIpc) is 3.23. The highest BCUT2D eigenvalue weighted by molar-refractivity contribution is 5.99. The second-order valence-corrected chi connectivity index (χ2v) is 12.4. The zero-order valence-corrected chi connectivity index (χ0v) is 23.3. The van der Waals surface area contributed by atoms with Crippen LogP contribution in [0, 0.1) is 52.8 Å². The van der Waals surface area contributed by atoms with Crippen molar-refractivity contribution in [1.29, 1.82) is 10.5 Å². The molecule has 41 heavy (non-hydrogen) atoms. The van der Waals surface area contributed by atoms with E-state index < -0.39 is 17.9 Å². The molecule has 0 aliphatic heterocycles. The lowest BCUT2D eigenvalue weighted by Gasteiger charge is -2.60. The molecule has 3 heterocycles. The first-order valence-electron chi connectivity index (χ1n) is 13.5. The van der Waals surface area contributed by atoms with Crippen LogP contribution < -0.4 is 10.6 Å². The van der Waals surface area contributed by atoms with E-state index in [4.69, 9.17) is 0 Å². The van der Waals surface area contributed by atoms with Crippen molar-refractivity contribution in [3.8, 4) is 12.1 Å². The van der Waals surface area contributed by atoms with Gasteiger partial charge >= 0.3 is 0 Å². The van der Waals surface area contributed by atoms with E-state index >= 15 is 4.39 Å². The molecule has 11 heteroatoms. The molecular formula is C30H29F2N9. The fourth-order valence-corrected chi connectivity index (χ4v) is 5.86. The molecule has 4 aromatic rings. The number of hydrogen-bond acceptors (Lipinski definition) is 8. The number of aryl methyl sites for hydroxylation is 1. The number of nitrogens with one attached hydrogen (secondary N) is 2. The third-order valence-electron chi connectivity index (χ3n) is 8.09. The topological polar surface area (TPSA) is 128 Å². The van der Waals surface area contributed by atoms with Crippen LogP contribution in [0.3, 0.4) is 0 Å². The van der Waals surface area contributed by atoms with Crippen molar-refractivity contribution >= 4 is 22.3 Å². The van der Waals surface area contributed by atoms with E-state index in [9.17, 15) is 14.9 Å².